The molecule has 0 spiro atoms. The van der Waals surface area contributed by atoms with Crippen LogP contribution in [0.5, 0.6) is 11.5 Å². The molecular weight excluding hydrogens is 375 g/mol. The van der Waals surface area contributed by atoms with Gasteiger partial charge in [-0.15, -0.1) is 0 Å². The maximum Gasteiger partial charge on any atom is 0.239 e. The standard InChI is InChI=1S/C18H19FN2O5S/c19-15-4-2-1-3-13(15)7-10-27(23,24)20-12-18(22)21-14-5-6-16-17(11-14)26-9-8-25-16/h1-6,11,20H,7-10,12H2,(H,21,22). The van der Waals surface area contributed by atoms with Crippen LogP contribution in [-0.4, -0.2) is 39.8 Å². The van der Waals surface area contributed by atoms with Crippen molar-refractivity contribution in [3.8, 4) is 11.5 Å². The van der Waals surface area contributed by atoms with Crippen LogP contribution in [0.1, 0.15) is 5.56 Å². The Morgan fingerprint density at radius 2 is 1.81 bits per heavy atom. The molecule has 0 saturated carbocycles. The number of hydrogen-bond donors (Lipinski definition) is 2. The Kier molecular flexibility index (Phi) is 5.92. The molecule has 1 aliphatic heterocycles. The monoisotopic (exact) mass is 394 g/mol. The van der Waals surface area contributed by atoms with Crippen molar-refractivity contribution in [2.75, 3.05) is 30.8 Å². The van der Waals surface area contributed by atoms with Crippen LogP contribution >= 0.6 is 0 Å². The molecule has 3 rings (SSSR count). The second-order valence-corrected chi connectivity index (χ2v) is 7.81. The second kappa shape index (κ2) is 8.36. The third-order valence-electron chi connectivity index (χ3n) is 3.88. The zero-order valence-corrected chi connectivity index (χ0v) is 15.2. The summed E-state index contributed by atoms with van der Waals surface area (Å²) in [5.41, 5.74) is 0.776. The van der Waals surface area contributed by atoms with E-state index in [0.717, 1.165) is 0 Å². The highest BCUT2D eigenvalue weighted by molar-refractivity contribution is 7.89. The molecule has 1 aliphatic rings. The van der Waals surface area contributed by atoms with Crippen LogP contribution < -0.4 is 19.5 Å². The van der Waals surface area contributed by atoms with Crippen LogP contribution in [0.3, 0.4) is 0 Å². The Balaban J connectivity index is 1.50. The third-order valence-corrected chi connectivity index (χ3v) is 5.20. The van der Waals surface area contributed by atoms with E-state index in [0.29, 0.717) is 36.0 Å². The summed E-state index contributed by atoms with van der Waals surface area (Å²) in [7, 11) is -3.72. The number of rotatable bonds is 7. The lowest BCUT2D eigenvalue weighted by Crippen LogP contribution is -2.34. The average Bonchev–Trinajstić information content (AvgIpc) is 2.66. The molecule has 9 heteroatoms. The van der Waals surface area contributed by atoms with Crippen LogP contribution in [0.25, 0.3) is 0 Å². The first-order valence-corrected chi connectivity index (χ1v) is 9.98. The van der Waals surface area contributed by atoms with Crippen LogP contribution in [0.2, 0.25) is 0 Å². The Labute approximate surface area is 156 Å². The Morgan fingerprint density at radius 3 is 2.59 bits per heavy atom. The van der Waals surface area contributed by atoms with Gasteiger partial charge in [0.25, 0.3) is 0 Å². The lowest BCUT2D eigenvalue weighted by molar-refractivity contribution is -0.115. The van der Waals surface area contributed by atoms with Gasteiger partial charge in [-0.25, -0.2) is 17.5 Å². The van der Waals surface area contributed by atoms with Crippen molar-refractivity contribution in [2.24, 2.45) is 0 Å². The minimum Gasteiger partial charge on any atom is -0.486 e. The van der Waals surface area contributed by atoms with Crippen molar-refractivity contribution in [3.05, 3.63) is 53.8 Å². The van der Waals surface area contributed by atoms with Gasteiger partial charge in [-0.3, -0.25) is 4.79 Å². The smallest absolute Gasteiger partial charge is 0.239 e. The van der Waals surface area contributed by atoms with Gasteiger partial charge in [-0.2, -0.15) is 0 Å². The van der Waals surface area contributed by atoms with Crippen molar-refractivity contribution < 1.29 is 27.1 Å². The summed E-state index contributed by atoms with van der Waals surface area (Å²) in [4.78, 5) is 12.0. The Morgan fingerprint density at radius 1 is 1.07 bits per heavy atom. The van der Waals surface area contributed by atoms with E-state index in [1.807, 2.05) is 0 Å². The summed E-state index contributed by atoms with van der Waals surface area (Å²) in [6.07, 6.45) is 0.0196. The van der Waals surface area contributed by atoms with Crippen LogP contribution in [-0.2, 0) is 21.2 Å². The van der Waals surface area contributed by atoms with Crippen molar-refractivity contribution in [1.82, 2.24) is 4.72 Å². The van der Waals surface area contributed by atoms with Crippen molar-refractivity contribution in [2.45, 2.75) is 6.42 Å². The number of amides is 1. The van der Waals surface area contributed by atoms with Gasteiger partial charge in [0, 0.05) is 11.8 Å². The molecule has 0 radical (unpaired) electrons. The molecule has 7 nitrogen and oxygen atoms in total. The molecule has 2 aromatic rings. The average molecular weight is 394 g/mol. The lowest BCUT2D eigenvalue weighted by atomic mass is 10.2. The van der Waals surface area contributed by atoms with Gasteiger partial charge in [0.05, 0.1) is 12.3 Å². The number of ether oxygens (including phenoxy) is 2. The molecule has 0 aromatic heterocycles. The van der Waals surface area contributed by atoms with E-state index in [2.05, 4.69) is 10.0 Å². The number of aryl methyl sites for hydroxylation is 1. The zero-order chi connectivity index (χ0) is 19.3. The minimum atomic E-state index is -3.72. The highest BCUT2D eigenvalue weighted by Crippen LogP contribution is 2.32. The van der Waals surface area contributed by atoms with Crippen LogP contribution in [0.4, 0.5) is 10.1 Å². The number of fused-ring (bicyclic) bond motifs is 1. The predicted octanol–water partition coefficient (Wildman–Crippen LogP) is 1.70. The van der Waals surface area contributed by atoms with E-state index >= 15 is 0 Å². The molecule has 27 heavy (non-hydrogen) atoms. The SMILES string of the molecule is O=C(CNS(=O)(=O)CCc1ccccc1F)Nc1ccc2c(c1)OCCO2. The fourth-order valence-corrected chi connectivity index (χ4v) is 3.50. The molecule has 1 amide bonds. The number of halogens is 1. The molecular formula is C18H19FN2O5S. The van der Waals surface area contributed by atoms with Gasteiger partial charge in [-0.1, -0.05) is 18.2 Å². The van der Waals surface area contributed by atoms with E-state index in [9.17, 15) is 17.6 Å². The fourth-order valence-electron chi connectivity index (χ4n) is 2.52. The molecule has 0 fully saturated rings. The van der Waals surface area contributed by atoms with E-state index in [-0.39, 0.29) is 12.2 Å². The van der Waals surface area contributed by atoms with E-state index < -0.39 is 28.3 Å². The molecule has 2 N–H and O–H groups in total. The fraction of sp³-hybridized carbons (Fsp3) is 0.278. The quantitative estimate of drug-likeness (QED) is 0.746. The molecule has 0 unspecified atom stereocenters. The van der Waals surface area contributed by atoms with Gasteiger partial charge in [0.2, 0.25) is 15.9 Å². The van der Waals surface area contributed by atoms with E-state index in [1.54, 1.807) is 24.3 Å². The van der Waals surface area contributed by atoms with Gasteiger partial charge >= 0.3 is 0 Å². The normalized spacial score (nSPS) is 13.2. The summed E-state index contributed by atoms with van der Waals surface area (Å²) in [5.74, 6) is -0.187. The largest absolute Gasteiger partial charge is 0.486 e. The second-order valence-electron chi connectivity index (χ2n) is 5.89. The first-order valence-electron chi connectivity index (χ1n) is 8.33. The number of carbonyl (C=O) groups excluding carboxylic acids is 1. The van der Waals surface area contributed by atoms with Crippen molar-refractivity contribution in [3.63, 3.8) is 0 Å². The number of nitrogens with one attached hydrogen (secondary N) is 2. The molecule has 0 bridgehead atoms. The van der Waals surface area contributed by atoms with E-state index in [1.165, 1.54) is 18.2 Å². The minimum absolute atomic E-state index is 0.0196. The summed E-state index contributed by atoms with van der Waals surface area (Å²) >= 11 is 0. The van der Waals surface area contributed by atoms with Gasteiger partial charge < -0.3 is 14.8 Å². The zero-order valence-electron chi connectivity index (χ0n) is 14.4. The topological polar surface area (TPSA) is 93.7 Å². The summed E-state index contributed by atoms with van der Waals surface area (Å²) in [6.45, 7) is 0.466. The van der Waals surface area contributed by atoms with E-state index in [4.69, 9.17) is 9.47 Å². The number of benzene rings is 2. The predicted molar refractivity (Wildman–Crippen MR) is 98.0 cm³/mol. The molecule has 0 saturated heterocycles. The van der Waals surface area contributed by atoms with Gasteiger partial charge in [0.15, 0.2) is 11.5 Å². The summed E-state index contributed by atoms with van der Waals surface area (Å²) < 4.78 is 50.6. The molecule has 2 aromatic carbocycles. The Bertz CT molecular complexity index is 933. The summed E-state index contributed by atoms with van der Waals surface area (Å²) in [5, 5.41) is 2.59. The third kappa shape index (κ3) is 5.41. The van der Waals surface area contributed by atoms with Crippen LogP contribution in [0.15, 0.2) is 42.5 Å². The first kappa shape index (κ1) is 19.1. The lowest BCUT2D eigenvalue weighted by Gasteiger charge is -2.19. The first-order chi connectivity index (χ1) is 12.9. The maximum absolute atomic E-state index is 13.5. The van der Waals surface area contributed by atoms with Crippen molar-refractivity contribution in [1.29, 1.82) is 0 Å². The number of sulfonamides is 1. The Hall–Kier alpha value is -2.65. The van der Waals surface area contributed by atoms with Gasteiger partial charge in [0.1, 0.15) is 19.0 Å². The highest BCUT2D eigenvalue weighted by atomic mass is 32.2. The molecule has 0 aliphatic carbocycles. The maximum atomic E-state index is 13.5. The number of anilines is 1. The number of hydrogen-bond acceptors (Lipinski definition) is 5. The molecule has 144 valence electrons. The van der Waals surface area contributed by atoms with Gasteiger partial charge in [-0.05, 0) is 30.2 Å². The van der Waals surface area contributed by atoms with Crippen molar-refractivity contribution >= 4 is 21.6 Å². The molecule has 1 heterocycles. The van der Waals surface area contributed by atoms with Crippen LogP contribution in [0, 0.1) is 5.82 Å². The highest BCUT2D eigenvalue weighted by Gasteiger charge is 2.16. The summed E-state index contributed by atoms with van der Waals surface area (Å²) in [6, 6.07) is 10.9. The number of carbonyl (C=O) groups is 1. The molecule has 0 atom stereocenters.